The maximum atomic E-state index is 5.86. The molecule has 0 aromatic heterocycles. The van der Waals surface area contributed by atoms with Crippen molar-refractivity contribution in [2.24, 2.45) is 5.92 Å². The zero-order chi connectivity index (χ0) is 15.0. The monoisotopic (exact) mass is 295 g/mol. The van der Waals surface area contributed by atoms with Gasteiger partial charge in [-0.15, -0.1) is 11.6 Å². The first-order valence-electron chi connectivity index (χ1n) is 7.83. The Morgan fingerprint density at radius 1 is 1.10 bits per heavy atom. The maximum absolute atomic E-state index is 5.86. The number of hydrogen-bond donors (Lipinski definition) is 1. The lowest BCUT2D eigenvalue weighted by molar-refractivity contribution is 0.430. The van der Waals surface area contributed by atoms with Crippen molar-refractivity contribution in [1.82, 2.24) is 5.32 Å². The molecule has 2 heteroatoms. The molecule has 1 unspecified atom stereocenters. The van der Waals surface area contributed by atoms with E-state index in [0.29, 0.717) is 5.92 Å². The lowest BCUT2D eigenvalue weighted by atomic mass is 9.87. The molecule has 0 radical (unpaired) electrons. The Morgan fingerprint density at radius 3 is 2.25 bits per heavy atom. The molecule has 1 atom stereocenters. The third-order valence-electron chi connectivity index (χ3n) is 3.80. The summed E-state index contributed by atoms with van der Waals surface area (Å²) in [6, 6.07) is 8.98. The lowest BCUT2D eigenvalue weighted by Gasteiger charge is -2.19. The Kier molecular flexibility index (Phi) is 7.61. The van der Waals surface area contributed by atoms with E-state index in [1.165, 1.54) is 24.0 Å². The zero-order valence-electron chi connectivity index (χ0n) is 13.5. The Labute approximate surface area is 130 Å². The molecule has 114 valence electrons. The van der Waals surface area contributed by atoms with Gasteiger partial charge in [0.25, 0.3) is 0 Å². The van der Waals surface area contributed by atoms with Crippen molar-refractivity contribution in [3.05, 3.63) is 35.4 Å². The molecular formula is C18H30ClN. The molecule has 1 aromatic rings. The van der Waals surface area contributed by atoms with E-state index in [1.54, 1.807) is 0 Å². The second kappa shape index (κ2) is 8.69. The van der Waals surface area contributed by atoms with Crippen molar-refractivity contribution in [3.8, 4) is 0 Å². The molecule has 0 bridgehead atoms. The summed E-state index contributed by atoms with van der Waals surface area (Å²) in [5, 5.41) is 3.57. The van der Waals surface area contributed by atoms with Crippen LogP contribution >= 0.6 is 11.6 Å². The van der Waals surface area contributed by atoms with Crippen LogP contribution in [0.5, 0.6) is 0 Å². The number of nitrogens with one attached hydrogen (secondary N) is 1. The highest BCUT2D eigenvalue weighted by molar-refractivity contribution is 6.17. The van der Waals surface area contributed by atoms with Gasteiger partial charge in [-0.25, -0.2) is 0 Å². The fourth-order valence-corrected chi connectivity index (χ4v) is 2.76. The standard InChI is InChI=1S/C18H30ClN/c1-5-6-15(11-12-19)13-20-14-16-7-9-17(10-8-16)18(2,3)4/h7-10,15,20H,5-6,11-14H2,1-4H3. The molecule has 0 amide bonds. The van der Waals surface area contributed by atoms with E-state index in [4.69, 9.17) is 11.6 Å². The Bertz CT molecular complexity index is 358. The number of alkyl halides is 1. The number of benzene rings is 1. The van der Waals surface area contributed by atoms with E-state index in [0.717, 1.165) is 25.4 Å². The molecule has 1 aromatic carbocycles. The summed E-state index contributed by atoms with van der Waals surface area (Å²) in [5.41, 5.74) is 2.99. The summed E-state index contributed by atoms with van der Waals surface area (Å²) in [4.78, 5) is 0. The molecule has 1 N–H and O–H groups in total. The molecule has 0 saturated heterocycles. The summed E-state index contributed by atoms with van der Waals surface area (Å²) in [7, 11) is 0. The normalized spacial score (nSPS) is 13.4. The van der Waals surface area contributed by atoms with Crippen LogP contribution in [-0.2, 0) is 12.0 Å². The summed E-state index contributed by atoms with van der Waals surface area (Å²) in [5.74, 6) is 1.48. The minimum atomic E-state index is 0.235. The number of rotatable bonds is 8. The first-order chi connectivity index (χ1) is 9.47. The summed E-state index contributed by atoms with van der Waals surface area (Å²) in [6.45, 7) is 11.0. The van der Waals surface area contributed by atoms with Crippen molar-refractivity contribution in [2.75, 3.05) is 12.4 Å². The molecule has 0 aliphatic heterocycles. The van der Waals surface area contributed by atoms with Crippen LogP contribution in [0.25, 0.3) is 0 Å². The highest BCUT2D eigenvalue weighted by Gasteiger charge is 2.12. The van der Waals surface area contributed by atoms with Crippen LogP contribution in [0.4, 0.5) is 0 Å². The van der Waals surface area contributed by atoms with Gasteiger partial charge in [0, 0.05) is 12.4 Å². The van der Waals surface area contributed by atoms with Gasteiger partial charge in [0.1, 0.15) is 0 Å². The maximum Gasteiger partial charge on any atom is 0.0226 e. The average Bonchev–Trinajstić information content (AvgIpc) is 2.39. The SMILES string of the molecule is CCCC(CCCl)CNCc1ccc(C(C)(C)C)cc1. The van der Waals surface area contributed by atoms with Crippen molar-refractivity contribution in [2.45, 2.75) is 58.9 Å². The molecule has 0 heterocycles. The first kappa shape index (κ1) is 17.5. The van der Waals surface area contributed by atoms with Crippen LogP contribution in [0.15, 0.2) is 24.3 Å². The fourth-order valence-electron chi connectivity index (χ4n) is 2.45. The third-order valence-corrected chi connectivity index (χ3v) is 4.01. The third kappa shape index (κ3) is 6.28. The van der Waals surface area contributed by atoms with Crippen molar-refractivity contribution in [1.29, 1.82) is 0 Å². The van der Waals surface area contributed by atoms with Gasteiger partial charge in [-0.2, -0.15) is 0 Å². The molecular weight excluding hydrogens is 266 g/mol. The van der Waals surface area contributed by atoms with E-state index in [-0.39, 0.29) is 5.41 Å². The minimum Gasteiger partial charge on any atom is -0.312 e. The van der Waals surface area contributed by atoms with E-state index in [1.807, 2.05) is 0 Å². The molecule has 1 rings (SSSR count). The smallest absolute Gasteiger partial charge is 0.0226 e. The first-order valence-corrected chi connectivity index (χ1v) is 8.37. The van der Waals surface area contributed by atoms with Crippen LogP contribution in [0, 0.1) is 5.92 Å². The molecule has 0 aliphatic carbocycles. The van der Waals surface area contributed by atoms with E-state index in [2.05, 4.69) is 57.3 Å². The van der Waals surface area contributed by atoms with Gasteiger partial charge < -0.3 is 5.32 Å². The second-order valence-electron chi connectivity index (χ2n) is 6.71. The van der Waals surface area contributed by atoms with Crippen LogP contribution in [0.3, 0.4) is 0 Å². The fraction of sp³-hybridized carbons (Fsp3) is 0.667. The largest absolute Gasteiger partial charge is 0.312 e. The van der Waals surface area contributed by atoms with Crippen LogP contribution in [0.2, 0.25) is 0 Å². The topological polar surface area (TPSA) is 12.0 Å². The van der Waals surface area contributed by atoms with Gasteiger partial charge in [-0.05, 0) is 41.8 Å². The van der Waals surface area contributed by atoms with Crippen LogP contribution in [0.1, 0.15) is 58.1 Å². The molecule has 1 nitrogen and oxygen atoms in total. The zero-order valence-corrected chi connectivity index (χ0v) is 14.3. The van der Waals surface area contributed by atoms with Gasteiger partial charge in [0.15, 0.2) is 0 Å². The minimum absolute atomic E-state index is 0.235. The molecule has 0 fully saturated rings. The van der Waals surface area contributed by atoms with Crippen molar-refractivity contribution in [3.63, 3.8) is 0 Å². The molecule has 0 saturated carbocycles. The van der Waals surface area contributed by atoms with Gasteiger partial charge in [0.2, 0.25) is 0 Å². The lowest BCUT2D eigenvalue weighted by Crippen LogP contribution is -2.23. The second-order valence-corrected chi connectivity index (χ2v) is 7.09. The summed E-state index contributed by atoms with van der Waals surface area (Å²) >= 11 is 5.86. The summed E-state index contributed by atoms with van der Waals surface area (Å²) < 4.78 is 0. The van der Waals surface area contributed by atoms with Gasteiger partial charge in [0.05, 0.1) is 0 Å². The Morgan fingerprint density at radius 2 is 1.75 bits per heavy atom. The predicted octanol–water partition coefficient (Wildman–Crippen LogP) is 5.12. The van der Waals surface area contributed by atoms with Crippen molar-refractivity contribution < 1.29 is 0 Å². The molecule has 0 aliphatic rings. The Balaban J connectivity index is 2.41. The van der Waals surface area contributed by atoms with Gasteiger partial charge in [-0.1, -0.05) is 58.4 Å². The molecule has 20 heavy (non-hydrogen) atoms. The average molecular weight is 296 g/mol. The van der Waals surface area contributed by atoms with E-state index in [9.17, 15) is 0 Å². The highest BCUT2D eigenvalue weighted by atomic mass is 35.5. The van der Waals surface area contributed by atoms with E-state index < -0.39 is 0 Å². The molecule has 0 spiro atoms. The summed E-state index contributed by atoms with van der Waals surface area (Å²) in [6.07, 6.45) is 3.62. The quantitative estimate of drug-likeness (QED) is 0.656. The van der Waals surface area contributed by atoms with Crippen LogP contribution in [-0.4, -0.2) is 12.4 Å². The number of hydrogen-bond acceptors (Lipinski definition) is 1. The Hall–Kier alpha value is -0.530. The van der Waals surface area contributed by atoms with Crippen molar-refractivity contribution >= 4 is 11.6 Å². The van der Waals surface area contributed by atoms with Gasteiger partial charge in [-0.3, -0.25) is 0 Å². The predicted molar refractivity (Wildman–Crippen MR) is 90.6 cm³/mol. The van der Waals surface area contributed by atoms with E-state index >= 15 is 0 Å². The number of halogens is 1. The highest BCUT2D eigenvalue weighted by Crippen LogP contribution is 2.22. The van der Waals surface area contributed by atoms with Gasteiger partial charge >= 0.3 is 0 Å². The van der Waals surface area contributed by atoms with Crippen LogP contribution < -0.4 is 5.32 Å².